The lowest BCUT2D eigenvalue weighted by Gasteiger charge is -2.28. The number of piperidine rings is 1. The molecule has 0 saturated carbocycles. The smallest absolute Gasteiger partial charge is 0.238 e. The Balaban J connectivity index is 1.83. The number of anilines is 1. The second kappa shape index (κ2) is 7.57. The Morgan fingerprint density at radius 2 is 2.05 bits per heavy atom. The Morgan fingerprint density at radius 1 is 1.33 bits per heavy atom. The molecule has 21 heavy (non-hydrogen) atoms. The molecule has 1 aromatic carbocycles. The number of hydrogen-bond acceptors (Lipinski definition) is 3. The van der Waals surface area contributed by atoms with Crippen molar-refractivity contribution in [2.24, 2.45) is 0 Å². The van der Waals surface area contributed by atoms with Gasteiger partial charge in [0.15, 0.2) is 0 Å². The summed E-state index contributed by atoms with van der Waals surface area (Å²) in [6.45, 7) is 6.52. The minimum absolute atomic E-state index is 0.0608. The third-order valence-corrected chi connectivity index (χ3v) is 4.10. The Kier molecular flexibility index (Phi) is 5.76. The van der Waals surface area contributed by atoms with Crippen molar-refractivity contribution < 1.29 is 4.79 Å². The van der Waals surface area contributed by atoms with Gasteiger partial charge in [-0.3, -0.25) is 9.69 Å². The van der Waals surface area contributed by atoms with Gasteiger partial charge in [0.25, 0.3) is 0 Å². The molecule has 0 aliphatic carbocycles. The number of likely N-dealkylation sites (N-methyl/N-ethyl adjacent to an activating group) is 1. The zero-order valence-corrected chi connectivity index (χ0v) is 13.4. The van der Waals surface area contributed by atoms with E-state index in [1.807, 2.05) is 39.1 Å². The van der Waals surface area contributed by atoms with Gasteiger partial charge in [0, 0.05) is 18.3 Å². The first-order chi connectivity index (χ1) is 10.1. The molecule has 116 valence electrons. The third kappa shape index (κ3) is 4.83. The average Bonchev–Trinajstić information content (AvgIpc) is 2.44. The third-order valence-electron chi connectivity index (χ3n) is 4.10. The van der Waals surface area contributed by atoms with Crippen LogP contribution in [0.25, 0.3) is 0 Å². The maximum Gasteiger partial charge on any atom is 0.238 e. The predicted molar refractivity (Wildman–Crippen MR) is 87.7 cm³/mol. The molecule has 1 atom stereocenters. The molecule has 1 aliphatic heterocycles. The number of hydrogen-bond donors (Lipinski definition) is 2. The molecule has 1 aromatic rings. The molecular weight excluding hydrogens is 262 g/mol. The van der Waals surface area contributed by atoms with E-state index in [4.69, 9.17) is 0 Å². The number of carbonyl (C=O) groups is 1. The lowest BCUT2D eigenvalue weighted by atomic mass is 10.0. The Morgan fingerprint density at radius 3 is 2.67 bits per heavy atom. The number of rotatable bonds is 5. The molecule has 2 N–H and O–H groups in total. The van der Waals surface area contributed by atoms with Gasteiger partial charge >= 0.3 is 0 Å². The van der Waals surface area contributed by atoms with Crippen molar-refractivity contribution in [1.82, 2.24) is 10.2 Å². The molecule has 0 aromatic heterocycles. The molecule has 1 saturated heterocycles. The van der Waals surface area contributed by atoms with Crippen molar-refractivity contribution in [3.8, 4) is 0 Å². The summed E-state index contributed by atoms with van der Waals surface area (Å²) in [5.74, 6) is 0.0608. The van der Waals surface area contributed by atoms with Crippen LogP contribution in [0.3, 0.4) is 0 Å². The SMILES string of the molecule is Cc1cccc(C)c1NC(=O)CN(C)CC1CCCCN1. The molecule has 1 amide bonds. The monoisotopic (exact) mass is 289 g/mol. The molecule has 0 spiro atoms. The van der Waals surface area contributed by atoms with Crippen LogP contribution < -0.4 is 10.6 Å². The van der Waals surface area contributed by atoms with Crippen LogP contribution >= 0.6 is 0 Å². The van der Waals surface area contributed by atoms with E-state index in [0.29, 0.717) is 12.6 Å². The fraction of sp³-hybridized carbons (Fsp3) is 0.588. The van der Waals surface area contributed by atoms with Gasteiger partial charge in [-0.25, -0.2) is 0 Å². The number of benzene rings is 1. The van der Waals surface area contributed by atoms with Gasteiger partial charge in [-0.15, -0.1) is 0 Å². The van der Waals surface area contributed by atoms with Gasteiger partial charge in [-0.2, -0.15) is 0 Å². The zero-order valence-electron chi connectivity index (χ0n) is 13.4. The zero-order chi connectivity index (χ0) is 15.2. The van der Waals surface area contributed by atoms with Crippen LogP contribution in [-0.4, -0.2) is 43.5 Å². The van der Waals surface area contributed by atoms with E-state index < -0.39 is 0 Å². The number of aryl methyl sites for hydroxylation is 2. The number of amides is 1. The van der Waals surface area contributed by atoms with E-state index in [1.54, 1.807) is 0 Å². The lowest BCUT2D eigenvalue weighted by molar-refractivity contribution is -0.117. The van der Waals surface area contributed by atoms with E-state index in [2.05, 4.69) is 15.5 Å². The van der Waals surface area contributed by atoms with Gasteiger partial charge in [-0.05, 0) is 51.4 Å². The summed E-state index contributed by atoms with van der Waals surface area (Å²) in [6.07, 6.45) is 3.77. The number of nitrogens with zero attached hydrogens (tertiary/aromatic N) is 1. The molecule has 2 rings (SSSR count). The van der Waals surface area contributed by atoms with Crippen LogP contribution in [0.4, 0.5) is 5.69 Å². The Labute approximate surface area is 127 Å². The molecule has 1 heterocycles. The topological polar surface area (TPSA) is 44.4 Å². The molecule has 0 bridgehead atoms. The van der Waals surface area contributed by atoms with E-state index in [9.17, 15) is 4.79 Å². The minimum atomic E-state index is 0.0608. The second-order valence-corrected chi connectivity index (χ2v) is 6.16. The first-order valence-electron chi connectivity index (χ1n) is 7.84. The molecule has 4 heteroatoms. The fourth-order valence-corrected chi connectivity index (χ4v) is 2.96. The van der Waals surface area contributed by atoms with E-state index in [-0.39, 0.29) is 5.91 Å². The van der Waals surface area contributed by atoms with Crippen molar-refractivity contribution >= 4 is 11.6 Å². The van der Waals surface area contributed by atoms with Crippen molar-refractivity contribution in [3.63, 3.8) is 0 Å². The molecule has 4 nitrogen and oxygen atoms in total. The largest absolute Gasteiger partial charge is 0.324 e. The van der Waals surface area contributed by atoms with Crippen LogP contribution in [0.5, 0.6) is 0 Å². The first kappa shape index (κ1) is 16.0. The van der Waals surface area contributed by atoms with E-state index >= 15 is 0 Å². The fourth-order valence-electron chi connectivity index (χ4n) is 2.96. The van der Waals surface area contributed by atoms with Crippen LogP contribution in [0.2, 0.25) is 0 Å². The summed E-state index contributed by atoms with van der Waals surface area (Å²) in [5, 5.41) is 6.56. The van der Waals surface area contributed by atoms with Crippen LogP contribution in [0, 0.1) is 13.8 Å². The minimum Gasteiger partial charge on any atom is -0.324 e. The predicted octanol–water partition coefficient (Wildman–Crippen LogP) is 2.32. The van der Waals surface area contributed by atoms with E-state index in [0.717, 1.165) is 29.9 Å². The highest BCUT2D eigenvalue weighted by atomic mass is 16.2. The molecule has 1 fully saturated rings. The second-order valence-electron chi connectivity index (χ2n) is 6.16. The summed E-state index contributed by atoms with van der Waals surface area (Å²) >= 11 is 0. The van der Waals surface area contributed by atoms with Crippen molar-refractivity contribution in [2.75, 3.05) is 32.0 Å². The maximum absolute atomic E-state index is 12.2. The molecule has 1 unspecified atom stereocenters. The van der Waals surface area contributed by atoms with E-state index in [1.165, 1.54) is 19.3 Å². The summed E-state index contributed by atoms with van der Waals surface area (Å²) < 4.78 is 0. The Bertz CT molecular complexity index is 461. The van der Waals surface area contributed by atoms with Gasteiger partial charge in [0.2, 0.25) is 5.91 Å². The lowest BCUT2D eigenvalue weighted by Crippen LogP contribution is -2.44. The van der Waals surface area contributed by atoms with Gasteiger partial charge in [-0.1, -0.05) is 24.6 Å². The quantitative estimate of drug-likeness (QED) is 0.874. The van der Waals surface area contributed by atoms with Gasteiger partial charge < -0.3 is 10.6 Å². The van der Waals surface area contributed by atoms with Crippen molar-refractivity contribution in [3.05, 3.63) is 29.3 Å². The van der Waals surface area contributed by atoms with Crippen molar-refractivity contribution in [1.29, 1.82) is 0 Å². The highest BCUT2D eigenvalue weighted by molar-refractivity contribution is 5.93. The average molecular weight is 289 g/mol. The summed E-state index contributed by atoms with van der Waals surface area (Å²) in [6, 6.07) is 6.59. The van der Waals surface area contributed by atoms with Crippen LogP contribution in [0.15, 0.2) is 18.2 Å². The molecule has 0 radical (unpaired) electrons. The van der Waals surface area contributed by atoms with Crippen LogP contribution in [-0.2, 0) is 4.79 Å². The first-order valence-corrected chi connectivity index (χ1v) is 7.84. The highest BCUT2D eigenvalue weighted by Gasteiger charge is 2.16. The number of carbonyl (C=O) groups excluding carboxylic acids is 1. The van der Waals surface area contributed by atoms with Gasteiger partial charge in [0.05, 0.1) is 6.54 Å². The molecule has 1 aliphatic rings. The Hall–Kier alpha value is -1.39. The number of para-hydroxylation sites is 1. The molecular formula is C17H27N3O. The standard InChI is InChI=1S/C17H27N3O/c1-13-7-6-8-14(2)17(13)19-16(21)12-20(3)11-15-9-4-5-10-18-15/h6-8,15,18H,4-5,9-12H2,1-3H3,(H,19,21). The number of nitrogens with one attached hydrogen (secondary N) is 2. The van der Waals surface area contributed by atoms with Gasteiger partial charge in [0.1, 0.15) is 0 Å². The van der Waals surface area contributed by atoms with Crippen LogP contribution in [0.1, 0.15) is 30.4 Å². The maximum atomic E-state index is 12.2. The highest BCUT2D eigenvalue weighted by Crippen LogP contribution is 2.19. The summed E-state index contributed by atoms with van der Waals surface area (Å²) in [5.41, 5.74) is 3.17. The summed E-state index contributed by atoms with van der Waals surface area (Å²) in [7, 11) is 2.01. The summed E-state index contributed by atoms with van der Waals surface area (Å²) in [4.78, 5) is 14.3. The normalized spacial score (nSPS) is 18.8. The van der Waals surface area contributed by atoms with Crippen molar-refractivity contribution in [2.45, 2.75) is 39.2 Å².